The Morgan fingerprint density at radius 1 is 1.00 bits per heavy atom. The summed E-state index contributed by atoms with van der Waals surface area (Å²) < 4.78 is 0. The summed E-state index contributed by atoms with van der Waals surface area (Å²) in [5.74, 6) is 0.528. The molecule has 0 fully saturated rings. The zero-order valence-electron chi connectivity index (χ0n) is 22.7. The zero-order valence-corrected chi connectivity index (χ0v) is 23.5. The van der Waals surface area contributed by atoms with E-state index in [4.69, 9.17) is 0 Å². The monoisotopic (exact) mass is 517 g/mol. The van der Waals surface area contributed by atoms with Gasteiger partial charge in [0.1, 0.15) is 6.54 Å². The molecule has 6 heteroatoms. The second kappa shape index (κ2) is 12.0. The van der Waals surface area contributed by atoms with Crippen molar-refractivity contribution >= 4 is 29.0 Å². The number of thiophene rings is 1. The van der Waals surface area contributed by atoms with E-state index in [0.29, 0.717) is 13.1 Å². The van der Waals surface area contributed by atoms with Crippen LogP contribution in [0.2, 0.25) is 0 Å². The average Bonchev–Trinajstić information content (AvgIpc) is 3.37. The molecule has 0 spiro atoms. The lowest BCUT2D eigenvalue weighted by Gasteiger charge is -2.37. The number of anilines is 1. The first-order valence-electron chi connectivity index (χ1n) is 13.4. The van der Waals surface area contributed by atoms with Gasteiger partial charge in [0, 0.05) is 23.7 Å². The SMILES string of the molecule is CCCN(CC(=O)N1CCc2sccc2C1c1ccccc1)C(=O)Nc1c(C(C)C)cccc1C(C)C. The number of para-hydroxylation sites is 1. The van der Waals surface area contributed by atoms with Gasteiger partial charge in [-0.2, -0.15) is 0 Å². The van der Waals surface area contributed by atoms with Crippen LogP contribution in [0.15, 0.2) is 60.0 Å². The van der Waals surface area contributed by atoms with Gasteiger partial charge >= 0.3 is 6.03 Å². The molecule has 2 heterocycles. The van der Waals surface area contributed by atoms with E-state index in [2.05, 4.69) is 74.8 Å². The highest BCUT2D eigenvalue weighted by Gasteiger charge is 2.34. The van der Waals surface area contributed by atoms with Crippen LogP contribution >= 0.6 is 11.3 Å². The Kier molecular flexibility index (Phi) is 8.70. The van der Waals surface area contributed by atoms with Crippen molar-refractivity contribution in [1.82, 2.24) is 9.80 Å². The summed E-state index contributed by atoms with van der Waals surface area (Å²) in [6, 6.07) is 18.3. The fourth-order valence-corrected chi connectivity index (χ4v) is 6.14. The van der Waals surface area contributed by atoms with Crippen molar-refractivity contribution in [3.05, 3.63) is 87.1 Å². The van der Waals surface area contributed by atoms with Crippen molar-refractivity contribution in [2.75, 3.05) is 25.0 Å². The molecule has 4 rings (SSSR count). The summed E-state index contributed by atoms with van der Waals surface area (Å²) in [5, 5.41) is 5.32. The van der Waals surface area contributed by atoms with Crippen molar-refractivity contribution < 1.29 is 9.59 Å². The van der Waals surface area contributed by atoms with E-state index in [1.807, 2.05) is 30.0 Å². The highest BCUT2D eigenvalue weighted by atomic mass is 32.1. The van der Waals surface area contributed by atoms with E-state index >= 15 is 0 Å². The van der Waals surface area contributed by atoms with E-state index in [9.17, 15) is 9.59 Å². The zero-order chi connectivity index (χ0) is 26.5. The summed E-state index contributed by atoms with van der Waals surface area (Å²) in [4.78, 5) is 32.4. The number of urea groups is 1. The number of hydrogen-bond acceptors (Lipinski definition) is 3. The molecule has 37 heavy (non-hydrogen) atoms. The summed E-state index contributed by atoms with van der Waals surface area (Å²) in [6.07, 6.45) is 1.63. The number of nitrogens with zero attached hydrogens (tertiary/aromatic N) is 2. The molecule has 5 nitrogen and oxygen atoms in total. The van der Waals surface area contributed by atoms with Crippen LogP contribution in [0.25, 0.3) is 0 Å². The molecule has 1 N–H and O–H groups in total. The molecule has 0 saturated carbocycles. The number of fused-ring (bicyclic) bond motifs is 1. The van der Waals surface area contributed by atoms with E-state index in [1.54, 1.807) is 16.2 Å². The molecular weight excluding hydrogens is 478 g/mol. The molecule has 1 atom stereocenters. The van der Waals surface area contributed by atoms with Crippen molar-refractivity contribution in [2.45, 2.75) is 65.3 Å². The van der Waals surface area contributed by atoms with Gasteiger partial charge in [-0.3, -0.25) is 4.79 Å². The first-order valence-corrected chi connectivity index (χ1v) is 14.3. The van der Waals surface area contributed by atoms with Crippen LogP contribution in [0.1, 0.15) is 86.0 Å². The Morgan fingerprint density at radius 3 is 2.30 bits per heavy atom. The Bertz CT molecular complexity index is 1190. The molecule has 1 unspecified atom stereocenters. The average molecular weight is 518 g/mol. The second-order valence-corrected chi connectivity index (χ2v) is 11.4. The van der Waals surface area contributed by atoms with E-state index < -0.39 is 0 Å². The quantitative estimate of drug-likeness (QED) is 0.338. The Hall–Kier alpha value is -3.12. The number of carbonyl (C=O) groups excluding carboxylic acids is 2. The molecule has 1 aliphatic rings. The smallest absolute Gasteiger partial charge is 0.322 e. The number of carbonyl (C=O) groups is 2. The lowest BCUT2D eigenvalue weighted by molar-refractivity contribution is -0.133. The summed E-state index contributed by atoms with van der Waals surface area (Å²) in [7, 11) is 0. The third kappa shape index (κ3) is 5.90. The topological polar surface area (TPSA) is 52.7 Å². The molecule has 196 valence electrons. The largest absolute Gasteiger partial charge is 0.330 e. The highest BCUT2D eigenvalue weighted by Crippen LogP contribution is 2.38. The molecule has 0 radical (unpaired) electrons. The van der Waals surface area contributed by atoms with Gasteiger partial charge in [0.05, 0.1) is 6.04 Å². The number of rotatable bonds is 8. The van der Waals surface area contributed by atoms with Crippen LogP contribution in [-0.4, -0.2) is 41.4 Å². The van der Waals surface area contributed by atoms with Gasteiger partial charge < -0.3 is 15.1 Å². The second-order valence-electron chi connectivity index (χ2n) is 10.4. The van der Waals surface area contributed by atoms with Gasteiger partial charge in [-0.15, -0.1) is 11.3 Å². The predicted molar refractivity (Wildman–Crippen MR) is 154 cm³/mol. The third-order valence-electron chi connectivity index (χ3n) is 7.11. The number of benzene rings is 2. The summed E-state index contributed by atoms with van der Waals surface area (Å²) >= 11 is 1.76. The van der Waals surface area contributed by atoms with Crippen LogP contribution in [0.5, 0.6) is 0 Å². The molecule has 1 aliphatic heterocycles. The third-order valence-corrected chi connectivity index (χ3v) is 8.11. The van der Waals surface area contributed by atoms with Crippen LogP contribution < -0.4 is 5.32 Å². The van der Waals surface area contributed by atoms with Crippen molar-refractivity contribution in [2.24, 2.45) is 0 Å². The maximum atomic E-state index is 13.8. The van der Waals surface area contributed by atoms with Crippen LogP contribution in [0, 0.1) is 0 Å². The lowest BCUT2D eigenvalue weighted by Crippen LogP contribution is -2.48. The normalized spacial score (nSPS) is 15.1. The number of amides is 3. The van der Waals surface area contributed by atoms with Gasteiger partial charge in [0.25, 0.3) is 0 Å². The molecule has 0 aliphatic carbocycles. The Labute approximate surface area is 225 Å². The lowest BCUT2D eigenvalue weighted by atomic mass is 9.92. The van der Waals surface area contributed by atoms with Gasteiger partial charge in [-0.05, 0) is 58.4 Å². The molecule has 2 aromatic carbocycles. The van der Waals surface area contributed by atoms with Gasteiger partial charge in [0.15, 0.2) is 0 Å². The predicted octanol–water partition coefficient (Wildman–Crippen LogP) is 7.41. The van der Waals surface area contributed by atoms with Crippen LogP contribution in [-0.2, 0) is 11.2 Å². The fourth-order valence-electron chi connectivity index (χ4n) is 5.24. The van der Waals surface area contributed by atoms with Crippen LogP contribution in [0.3, 0.4) is 0 Å². The standard InChI is InChI=1S/C31H39N3O2S/c1-6-17-33(31(36)32-29-24(21(2)3)13-10-14-25(29)22(4)5)20-28(35)34-18-15-27-26(16-19-37-27)30(34)23-11-8-7-9-12-23/h7-14,16,19,21-22,30H,6,15,17-18,20H2,1-5H3,(H,32,36). The molecule has 3 aromatic rings. The van der Waals surface area contributed by atoms with Gasteiger partial charge in [-0.1, -0.05) is 83.1 Å². The molecule has 1 aromatic heterocycles. The molecule has 3 amide bonds. The summed E-state index contributed by atoms with van der Waals surface area (Å²) in [6.45, 7) is 11.8. The first-order chi connectivity index (χ1) is 17.8. The van der Waals surface area contributed by atoms with E-state index in [-0.39, 0.29) is 36.4 Å². The Balaban J connectivity index is 1.59. The van der Waals surface area contributed by atoms with Crippen LogP contribution in [0.4, 0.5) is 10.5 Å². The maximum Gasteiger partial charge on any atom is 0.322 e. The van der Waals surface area contributed by atoms with Crippen molar-refractivity contribution in [3.8, 4) is 0 Å². The number of hydrogen-bond donors (Lipinski definition) is 1. The van der Waals surface area contributed by atoms with E-state index in [1.165, 1.54) is 10.4 Å². The molecular formula is C31H39N3O2S. The number of nitrogens with one attached hydrogen (secondary N) is 1. The molecule has 0 saturated heterocycles. The Morgan fingerprint density at radius 2 is 1.68 bits per heavy atom. The highest BCUT2D eigenvalue weighted by molar-refractivity contribution is 7.10. The molecule has 0 bridgehead atoms. The fraction of sp³-hybridized carbons (Fsp3) is 0.419. The van der Waals surface area contributed by atoms with Crippen molar-refractivity contribution in [3.63, 3.8) is 0 Å². The first kappa shape index (κ1) is 26.9. The minimum absolute atomic E-state index is 0.0180. The minimum Gasteiger partial charge on any atom is -0.330 e. The van der Waals surface area contributed by atoms with Crippen molar-refractivity contribution in [1.29, 1.82) is 0 Å². The van der Waals surface area contributed by atoms with Gasteiger partial charge in [0.2, 0.25) is 5.91 Å². The minimum atomic E-state index is -0.213. The van der Waals surface area contributed by atoms with Gasteiger partial charge in [-0.25, -0.2) is 4.79 Å². The van der Waals surface area contributed by atoms with E-state index in [0.717, 1.165) is 35.2 Å². The summed E-state index contributed by atoms with van der Waals surface area (Å²) in [5.41, 5.74) is 5.43. The maximum absolute atomic E-state index is 13.8.